The molecule has 0 aromatic rings. The van der Waals surface area contributed by atoms with Gasteiger partial charge in [-0.15, -0.1) is 15.5 Å². The third-order valence-corrected chi connectivity index (χ3v) is 0.313. The summed E-state index contributed by atoms with van der Waals surface area (Å²) in [5.74, 6) is 0. The van der Waals surface area contributed by atoms with Gasteiger partial charge in [0, 0.05) is 60.6 Å². The van der Waals surface area contributed by atoms with Crippen LogP contribution >= 0.6 is 0 Å². The molecular weight excluding hydrogens is 245 g/mol. The molecule has 0 unspecified atom stereocenters. The van der Waals surface area contributed by atoms with Crippen LogP contribution in [0.2, 0.25) is 0 Å². The Labute approximate surface area is 106 Å². The van der Waals surface area contributed by atoms with E-state index in [1.165, 1.54) is 0 Å². The van der Waals surface area contributed by atoms with Crippen LogP contribution in [-0.2, 0) is 22.9 Å². The van der Waals surface area contributed by atoms with Gasteiger partial charge in [0.25, 0.3) is 22.9 Å². The number of hydrogen-bond donors (Lipinski definition) is 0. The van der Waals surface area contributed by atoms with Crippen LogP contribution < -0.4 is 0 Å². The van der Waals surface area contributed by atoms with Crippen molar-refractivity contribution in [2.24, 2.45) is 9.17 Å². The molecule has 0 heterocycles. The summed E-state index contributed by atoms with van der Waals surface area (Å²) < 4.78 is 63.2. The van der Waals surface area contributed by atoms with Crippen LogP contribution in [0.1, 0.15) is 0 Å². The van der Waals surface area contributed by atoms with E-state index < -0.39 is 22.9 Å². The van der Waals surface area contributed by atoms with Gasteiger partial charge in [-0.2, -0.15) is 0 Å². The Balaban J connectivity index is -0.000000107. The molecule has 0 saturated carbocycles. The van der Waals surface area contributed by atoms with E-state index in [1.807, 2.05) is 0 Å². The molecule has 0 amide bonds. The molecule has 0 aliphatic carbocycles. The van der Waals surface area contributed by atoms with Crippen molar-refractivity contribution in [3.63, 3.8) is 0 Å². The zero-order valence-corrected chi connectivity index (χ0v) is 9.73. The van der Waals surface area contributed by atoms with Crippen molar-refractivity contribution in [3.8, 4) is 0 Å². The Bertz CT molecular complexity index is 111. The van der Waals surface area contributed by atoms with Crippen molar-refractivity contribution in [2.75, 3.05) is 0 Å². The summed E-state index contributed by atoms with van der Waals surface area (Å²) in [5.41, 5.74) is 0. The fraction of sp³-hybridized carbons (Fsp3) is 0. The largest absolute Gasteiger partial charge is 0.293 e. The fourth-order valence-electron chi connectivity index (χ4n) is 0. The van der Waals surface area contributed by atoms with Gasteiger partial charge in [-0.1, -0.05) is 8.96 Å². The maximum Gasteiger partial charge on any atom is 0.293 e. The molecule has 0 aliphatic heterocycles. The molecule has 0 aromatic heterocycles. The molecule has 11 heteroatoms. The van der Waals surface area contributed by atoms with Gasteiger partial charge in [-0.05, 0) is 0 Å². The van der Waals surface area contributed by atoms with Gasteiger partial charge in [0.05, 0.1) is 0 Å². The molecule has 2 nitrogen and oxygen atoms in total. The van der Waals surface area contributed by atoms with Crippen molar-refractivity contribution in [3.05, 3.63) is 0 Å². The fourth-order valence-corrected chi connectivity index (χ4v) is 0. The minimum atomic E-state index is -3.36. The normalized spacial score (nSPS) is 8.00. The molecule has 0 bridgehead atoms. The molecule has 0 aliphatic rings. The number of rotatable bonds is 0. The van der Waals surface area contributed by atoms with Crippen molar-refractivity contribution in [1.82, 2.24) is 0 Å². The summed E-state index contributed by atoms with van der Waals surface area (Å²) in [6.45, 7) is 0. The van der Waals surface area contributed by atoms with Gasteiger partial charge >= 0.3 is 0 Å². The number of hydrogen-bond acceptors (Lipinski definition) is 2. The van der Waals surface area contributed by atoms with E-state index in [0.29, 0.717) is 0 Å². The molecule has 0 rings (SSSR count). The molecule has 0 N–H and O–H groups in total. The minimum absolute atomic E-state index is 0. The van der Waals surface area contributed by atoms with Gasteiger partial charge in [0.1, 0.15) is 0 Å². The van der Waals surface area contributed by atoms with Gasteiger partial charge in [0.15, 0.2) is 0 Å². The van der Waals surface area contributed by atoms with Crippen LogP contribution in [0, 0.1) is 0 Å². The molecular formula is F6KN2S2. The SMILES string of the molecule is FN=S(F)F.FN=S(F)F.[K]. The Morgan fingerprint density at radius 1 is 0.727 bits per heavy atom. The molecule has 1 radical (unpaired) electrons. The zero-order chi connectivity index (χ0) is 8.57. The monoisotopic (exact) mass is 245 g/mol. The standard InChI is InChI=1S/2F3NS.K/c2*1-4-5(2)3;. The van der Waals surface area contributed by atoms with Crippen LogP contribution in [0.3, 0.4) is 0 Å². The predicted molar refractivity (Wildman–Crippen MR) is 32.0 cm³/mol. The van der Waals surface area contributed by atoms with Crippen LogP contribution in [-0.4, -0.2) is 51.4 Å². The summed E-state index contributed by atoms with van der Waals surface area (Å²) >= 11 is -6.73. The average molecular weight is 245 g/mol. The van der Waals surface area contributed by atoms with Gasteiger partial charge in [0.2, 0.25) is 0 Å². The second-order valence-electron chi connectivity index (χ2n) is 0.531. The Morgan fingerprint density at radius 3 is 0.818 bits per heavy atom. The van der Waals surface area contributed by atoms with E-state index in [-0.39, 0.29) is 51.4 Å². The van der Waals surface area contributed by atoms with E-state index in [9.17, 15) is 24.5 Å². The zero-order valence-electron chi connectivity index (χ0n) is 4.98. The first-order valence-electron chi connectivity index (χ1n) is 1.32. The first kappa shape index (κ1) is 18.3. The van der Waals surface area contributed by atoms with Gasteiger partial charge < -0.3 is 0 Å². The van der Waals surface area contributed by atoms with E-state index in [4.69, 9.17) is 0 Å². The average Bonchev–Trinajstić information content (AvgIpc) is 1.89. The quantitative estimate of drug-likeness (QED) is 0.463. The molecule has 0 fully saturated rings. The summed E-state index contributed by atoms with van der Waals surface area (Å²) in [7, 11) is 0. The number of halogens is 6. The first-order valence-corrected chi connectivity index (χ1v) is 3.29. The molecule has 11 heavy (non-hydrogen) atoms. The summed E-state index contributed by atoms with van der Waals surface area (Å²) in [6, 6.07) is 0. The second-order valence-corrected chi connectivity index (χ2v) is 1.59. The molecule has 65 valence electrons. The van der Waals surface area contributed by atoms with Crippen molar-refractivity contribution in [1.29, 1.82) is 0 Å². The summed E-state index contributed by atoms with van der Waals surface area (Å²) in [5, 5.41) is 0. The third-order valence-electron chi connectivity index (χ3n) is 0.104. The van der Waals surface area contributed by atoms with E-state index >= 15 is 0 Å². The van der Waals surface area contributed by atoms with E-state index in [2.05, 4.69) is 0 Å². The second kappa shape index (κ2) is 14.1. The molecule has 0 aromatic carbocycles. The molecule has 0 saturated heterocycles. The smallest absolute Gasteiger partial charge is 0.116 e. The Hall–Kier alpha value is 1.52. The van der Waals surface area contributed by atoms with Crippen LogP contribution in [0.4, 0.5) is 24.5 Å². The third kappa shape index (κ3) is 34.3. The van der Waals surface area contributed by atoms with Crippen molar-refractivity contribution >= 4 is 74.3 Å². The topological polar surface area (TPSA) is 24.7 Å². The first-order chi connectivity index (χ1) is 4.54. The van der Waals surface area contributed by atoms with Crippen LogP contribution in [0.15, 0.2) is 9.17 Å². The van der Waals surface area contributed by atoms with Crippen LogP contribution in [0.25, 0.3) is 0 Å². The minimum Gasteiger partial charge on any atom is -0.116 e. The maximum absolute atomic E-state index is 10.2. The van der Waals surface area contributed by atoms with Crippen LogP contribution in [0.5, 0.6) is 0 Å². The predicted octanol–water partition coefficient (Wildman–Crippen LogP) is 2.50. The Kier molecular flexibility index (Phi) is 23.4. The van der Waals surface area contributed by atoms with E-state index in [0.717, 1.165) is 9.17 Å². The van der Waals surface area contributed by atoms with Gasteiger partial charge in [-0.25, -0.2) is 0 Å². The molecule has 0 atom stereocenters. The van der Waals surface area contributed by atoms with E-state index in [1.54, 1.807) is 0 Å². The summed E-state index contributed by atoms with van der Waals surface area (Å²) in [4.78, 5) is 0. The number of nitrogens with zero attached hydrogens (tertiary/aromatic N) is 2. The van der Waals surface area contributed by atoms with Crippen molar-refractivity contribution in [2.45, 2.75) is 0 Å². The Morgan fingerprint density at radius 2 is 0.818 bits per heavy atom. The summed E-state index contributed by atoms with van der Waals surface area (Å²) in [6.07, 6.45) is 0. The van der Waals surface area contributed by atoms with Gasteiger partial charge in [-0.3, -0.25) is 0 Å². The van der Waals surface area contributed by atoms with Crippen molar-refractivity contribution < 1.29 is 24.5 Å². The molecule has 0 spiro atoms. The maximum atomic E-state index is 10.2.